The summed E-state index contributed by atoms with van der Waals surface area (Å²) >= 11 is 1.06. The van der Waals surface area contributed by atoms with E-state index in [1.807, 2.05) is 12.1 Å². The zero-order valence-electron chi connectivity index (χ0n) is 18.4. The van der Waals surface area contributed by atoms with Gasteiger partial charge in [-0.15, -0.1) is 11.3 Å². The molecule has 0 saturated heterocycles. The first-order chi connectivity index (χ1) is 15.9. The highest BCUT2D eigenvalue weighted by Crippen LogP contribution is 2.17. The molecule has 0 aliphatic rings. The van der Waals surface area contributed by atoms with Crippen LogP contribution in [0.3, 0.4) is 0 Å². The van der Waals surface area contributed by atoms with E-state index in [0.717, 1.165) is 24.2 Å². The lowest BCUT2D eigenvalue weighted by Crippen LogP contribution is -2.41. The van der Waals surface area contributed by atoms with Crippen molar-refractivity contribution in [2.75, 3.05) is 0 Å². The van der Waals surface area contributed by atoms with Gasteiger partial charge in [0.2, 0.25) is 0 Å². The molecular weight excluding hydrogens is 462 g/mol. The summed E-state index contributed by atoms with van der Waals surface area (Å²) in [7, 11) is -3.49. The van der Waals surface area contributed by atoms with E-state index in [-0.39, 0.29) is 22.2 Å². The third kappa shape index (κ3) is 7.83. The zero-order valence-corrected chi connectivity index (χ0v) is 20.0. The van der Waals surface area contributed by atoms with Gasteiger partial charge in [0.1, 0.15) is 28.0 Å². The summed E-state index contributed by atoms with van der Waals surface area (Å²) in [6, 6.07) is 10.5. The second kappa shape index (κ2) is 11.8. The van der Waals surface area contributed by atoms with Crippen LogP contribution in [0.2, 0.25) is 0 Å². The van der Waals surface area contributed by atoms with Crippen molar-refractivity contribution >= 4 is 33.0 Å². The van der Waals surface area contributed by atoms with E-state index in [1.54, 1.807) is 24.3 Å². The Labute approximate surface area is 197 Å². The number of thiazole rings is 1. The van der Waals surface area contributed by atoms with Crippen LogP contribution in [0.25, 0.3) is 0 Å². The first-order valence-electron chi connectivity index (χ1n) is 10.7. The van der Waals surface area contributed by atoms with Crippen molar-refractivity contribution in [3.63, 3.8) is 0 Å². The van der Waals surface area contributed by atoms with Gasteiger partial charge in [-0.05, 0) is 42.7 Å². The highest BCUT2D eigenvalue weighted by Gasteiger charge is 2.19. The highest BCUT2D eigenvalue weighted by atomic mass is 32.2. The molecule has 1 aromatic carbocycles. The molecule has 0 aliphatic carbocycles. The maximum absolute atomic E-state index is 12.3. The predicted molar refractivity (Wildman–Crippen MR) is 126 cm³/mol. The number of carbonyl (C=O) groups excluding carboxylic acids is 2. The van der Waals surface area contributed by atoms with E-state index in [2.05, 4.69) is 22.8 Å². The Balaban J connectivity index is 1.47. The summed E-state index contributed by atoms with van der Waals surface area (Å²) in [6.07, 6.45) is 7.11. The van der Waals surface area contributed by atoms with Crippen molar-refractivity contribution < 1.29 is 22.4 Å². The summed E-state index contributed by atoms with van der Waals surface area (Å²) in [4.78, 5) is 28.7. The van der Waals surface area contributed by atoms with Gasteiger partial charge in [-0.2, -0.15) is 0 Å². The van der Waals surface area contributed by atoms with Crippen LogP contribution in [-0.2, 0) is 27.8 Å². The Morgan fingerprint density at radius 2 is 1.76 bits per heavy atom. The number of amides is 2. The van der Waals surface area contributed by atoms with Crippen molar-refractivity contribution in [2.24, 2.45) is 0 Å². The molecule has 2 amide bonds. The maximum atomic E-state index is 12.3. The number of nitrogens with zero attached hydrogens (tertiary/aromatic N) is 1. The van der Waals surface area contributed by atoms with Crippen molar-refractivity contribution in [1.82, 2.24) is 15.8 Å². The number of aryl methyl sites for hydroxylation is 1. The Bertz CT molecular complexity index is 1150. The second-order valence-corrected chi connectivity index (χ2v) is 10.7. The first-order valence-corrected chi connectivity index (χ1v) is 13.4. The molecule has 0 fully saturated rings. The Morgan fingerprint density at radius 3 is 2.45 bits per heavy atom. The molecule has 0 radical (unpaired) electrons. The number of benzene rings is 1. The van der Waals surface area contributed by atoms with Crippen LogP contribution in [0.1, 0.15) is 69.8 Å². The number of hydrazine groups is 1. The van der Waals surface area contributed by atoms with Crippen LogP contribution in [0.5, 0.6) is 0 Å². The van der Waals surface area contributed by atoms with Gasteiger partial charge in [-0.1, -0.05) is 38.3 Å². The Hall–Kier alpha value is -2.98. The van der Waals surface area contributed by atoms with E-state index in [9.17, 15) is 18.0 Å². The van der Waals surface area contributed by atoms with Crippen molar-refractivity contribution in [1.29, 1.82) is 0 Å². The molecule has 0 aliphatic heterocycles. The number of unbranched alkanes of at least 4 members (excludes halogenated alkanes) is 3. The number of furan rings is 1. The van der Waals surface area contributed by atoms with Crippen LogP contribution in [0, 0.1) is 0 Å². The second-order valence-electron chi connectivity index (χ2n) is 7.65. The fourth-order valence-electron chi connectivity index (χ4n) is 3.16. The van der Waals surface area contributed by atoms with Gasteiger partial charge in [0.25, 0.3) is 11.8 Å². The zero-order chi connectivity index (χ0) is 23.7. The molecule has 2 aromatic heterocycles. The molecule has 0 unspecified atom stereocenters. The van der Waals surface area contributed by atoms with E-state index in [0.29, 0.717) is 11.3 Å². The molecule has 8 nitrogen and oxygen atoms in total. The minimum atomic E-state index is -3.49. The molecule has 0 spiro atoms. The van der Waals surface area contributed by atoms with Crippen LogP contribution in [0.4, 0.5) is 0 Å². The molecule has 176 valence electrons. The predicted octanol–water partition coefficient (Wildman–Crippen LogP) is 4.05. The minimum Gasteiger partial charge on any atom is -0.468 e. The summed E-state index contributed by atoms with van der Waals surface area (Å²) in [5, 5.41) is 1.74. The minimum absolute atomic E-state index is 0.0333. The van der Waals surface area contributed by atoms with Crippen LogP contribution in [-0.4, -0.2) is 25.2 Å². The van der Waals surface area contributed by atoms with Crippen LogP contribution >= 0.6 is 11.3 Å². The highest BCUT2D eigenvalue weighted by molar-refractivity contribution is 7.89. The maximum Gasteiger partial charge on any atom is 0.289 e. The molecule has 2 N–H and O–H groups in total. The van der Waals surface area contributed by atoms with Gasteiger partial charge in [-0.3, -0.25) is 20.4 Å². The van der Waals surface area contributed by atoms with Gasteiger partial charge in [0.05, 0.1) is 6.26 Å². The number of hydrogen-bond acceptors (Lipinski definition) is 7. The number of carbonyl (C=O) groups is 2. The lowest BCUT2D eigenvalue weighted by molar-refractivity contribution is 0.0844. The standard InChI is InChI=1S/C23H27N3O5S2/c1-2-3-4-5-7-17-9-11-18(12-10-17)22(27)25-26-23(28)20-14-32-21(24-20)16-33(29,30)15-19-8-6-13-31-19/h6,8-14H,2-5,7,15-16H2,1H3,(H,25,27)(H,26,28). The smallest absolute Gasteiger partial charge is 0.289 e. The van der Waals surface area contributed by atoms with Crippen molar-refractivity contribution in [2.45, 2.75) is 50.5 Å². The van der Waals surface area contributed by atoms with Crippen LogP contribution in [0.15, 0.2) is 52.5 Å². The SMILES string of the molecule is CCCCCCc1ccc(C(=O)NNC(=O)c2csc(CS(=O)(=O)Cc3ccco3)n2)cc1. The summed E-state index contributed by atoms with van der Waals surface area (Å²) in [5.41, 5.74) is 6.30. The summed E-state index contributed by atoms with van der Waals surface area (Å²) in [6.45, 7) is 2.17. The number of hydrogen-bond donors (Lipinski definition) is 2. The number of nitrogens with one attached hydrogen (secondary N) is 2. The fourth-order valence-corrected chi connectivity index (χ4v) is 5.67. The third-order valence-electron chi connectivity index (χ3n) is 4.89. The van der Waals surface area contributed by atoms with Crippen molar-refractivity contribution in [3.8, 4) is 0 Å². The molecule has 3 rings (SSSR count). The molecular formula is C23H27N3O5S2. The number of rotatable bonds is 11. The lowest BCUT2D eigenvalue weighted by atomic mass is 10.0. The largest absolute Gasteiger partial charge is 0.468 e. The summed E-state index contributed by atoms with van der Waals surface area (Å²) in [5.74, 6) is -1.27. The third-order valence-corrected chi connectivity index (χ3v) is 7.36. The fraction of sp³-hybridized carbons (Fsp3) is 0.348. The quantitative estimate of drug-likeness (QED) is 0.310. The number of aromatic nitrogens is 1. The summed E-state index contributed by atoms with van der Waals surface area (Å²) < 4.78 is 29.6. The van der Waals surface area contributed by atoms with Gasteiger partial charge in [-0.25, -0.2) is 13.4 Å². The van der Waals surface area contributed by atoms with Gasteiger partial charge in [0.15, 0.2) is 9.84 Å². The first kappa shape index (κ1) is 24.7. The van der Waals surface area contributed by atoms with E-state index in [1.165, 1.54) is 36.5 Å². The molecule has 0 bridgehead atoms. The topological polar surface area (TPSA) is 118 Å². The van der Waals surface area contributed by atoms with Gasteiger partial charge >= 0.3 is 0 Å². The van der Waals surface area contributed by atoms with E-state index < -0.39 is 21.7 Å². The van der Waals surface area contributed by atoms with E-state index >= 15 is 0 Å². The monoisotopic (exact) mass is 489 g/mol. The molecule has 10 heteroatoms. The average Bonchev–Trinajstić information content (AvgIpc) is 3.47. The van der Waals surface area contributed by atoms with Gasteiger partial charge < -0.3 is 4.42 Å². The normalized spacial score (nSPS) is 11.3. The molecule has 0 saturated carbocycles. The van der Waals surface area contributed by atoms with Crippen LogP contribution < -0.4 is 10.9 Å². The van der Waals surface area contributed by atoms with Crippen molar-refractivity contribution in [3.05, 3.63) is 75.6 Å². The Kier molecular flexibility index (Phi) is 8.79. The molecule has 2 heterocycles. The van der Waals surface area contributed by atoms with Gasteiger partial charge in [0, 0.05) is 10.9 Å². The Morgan fingerprint density at radius 1 is 1.00 bits per heavy atom. The average molecular weight is 490 g/mol. The molecule has 3 aromatic rings. The molecule has 0 atom stereocenters. The van der Waals surface area contributed by atoms with E-state index in [4.69, 9.17) is 4.42 Å². The molecule has 33 heavy (non-hydrogen) atoms. The number of sulfone groups is 1. The lowest BCUT2D eigenvalue weighted by Gasteiger charge is -2.07.